The molecular weight excluding hydrogens is 288 g/mol. The molecule has 5 nitrogen and oxygen atoms in total. The third-order valence-electron chi connectivity index (χ3n) is 3.33. The molecule has 0 fully saturated rings. The lowest BCUT2D eigenvalue weighted by atomic mass is 10.1. The zero-order chi connectivity index (χ0) is 15.1. The number of anilines is 1. The van der Waals surface area contributed by atoms with E-state index >= 15 is 0 Å². The summed E-state index contributed by atoms with van der Waals surface area (Å²) in [5, 5.41) is 12.7. The zero-order valence-corrected chi connectivity index (χ0v) is 12.5. The molecule has 2 heterocycles. The fourth-order valence-electron chi connectivity index (χ4n) is 2.25. The van der Waals surface area contributed by atoms with Crippen molar-refractivity contribution in [1.29, 1.82) is 0 Å². The van der Waals surface area contributed by atoms with Gasteiger partial charge in [0, 0.05) is 17.1 Å². The summed E-state index contributed by atoms with van der Waals surface area (Å²) >= 11 is 1.35. The molecule has 0 saturated carbocycles. The number of aryl methyl sites for hydroxylation is 2. The van der Waals surface area contributed by atoms with Gasteiger partial charge in [-0.1, -0.05) is 6.92 Å². The molecule has 0 radical (unpaired) electrons. The minimum Gasteiger partial charge on any atom is -0.508 e. The Kier molecular flexibility index (Phi) is 3.17. The number of phenols is 1. The molecule has 0 saturated heterocycles. The van der Waals surface area contributed by atoms with Crippen LogP contribution in [0, 0.1) is 6.92 Å². The number of hydrogen-bond donors (Lipinski definition) is 2. The van der Waals surface area contributed by atoms with Gasteiger partial charge >= 0.3 is 0 Å². The molecule has 0 aliphatic rings. The van der Waals surface area contributed by atoms with Gasteiger partial charge in [-0.15, -0.1) is 11.3 Å². The Hall–Kier alpha value is -2.34. The van der Waals surface area contributed by atoms with Crippen molar-refractivity contribution >= 4 is 28.2 Å². The first-order chi connectivity index (χ1) is 10.0. The van der Waals surface area contributed by atoms with E-state index in [1.165, 1.54) is 17.4 Å². The molecule has 0 aliphatic heterocycles. The molecule has 0 amide bonds. The number of nitrogens with two attached hydrogens (primary N) is 1. The topological polar surface area (TPSA) is 89.4 Å². The van der Waals surface area contributed by atoms with Gasteiger partial charge in [0.1, 0.15) is 21.9 Å². The summed E-state index contributed by atoms with van der Waals surface area (Å²) in [5.74, 6) is 0.121. The van der Waals surface area contributed by atoms with E-state index in [0.717, 1.165) is 5.69 Å². The van der Waals surface area contributed by atoms with Crippen LogP contribution in [0.4, 0.5) is 5.88 Å². The van der Waals surface area contributed by atoms with Crippen molar-refractivity contribution in [3.8, 4) is 16.3 Å². The smallest absolute Gasteiger partial charge is 0.205 e. The van der Waals surface area contributed by atoms with Crippen LogP contribution >= 0.6 is 11.3 Å². The molecule has 0 atom stereocenters. The minimum atomic E-state index is -0.224. The van der Waals surface area contributed by atoms with Gasteiger partial charge in [-0.05, 0) is 25.0 Å². The predicted molar refractivity (Wildman–Crippen MR) is 83.8 cm³/mol. The predicted octanol–water partition coefficient (Wildman–Crippen LogP) is 3.08. The highest BCUT2D eigenvalue weighted by atomic mass is 32.1. The molecule has 3 rings (SSSR count). The van der Waals surface area contributed by atoms with E-state index in [1.54, 1.807) is 6.07 Å². The van der Waals surface area contributed by atoms with Crippen LogP contribution < -0.4 is 11.2 Å². The van der Waals surface area contributed by atoms with Crippen LogP contribution in [0.25, 0.3) is 21.5 Å². The third-order valence-corrected chi connectivity index (χ3v) is 4.31. The van der Waals surface area contributed by atoms with E-state index < -0.39 is 0 Å². The first-order valence-corrected chi connectivity index (χ1v) is 7.40. The number of nitrogen functional groups attached to an aromatic ring is 1. The van der Waals surface area contributed by atoms with Gasteiger partial charge in [0.15, 0.2) is 0 Å². The van der Waals surface area contributed by atoms with Gasteiger partial charge in [-0.2, -0.15) is 0 Å². The quantitative estimate of drug-likeness (QED) is 0.759. The van der Waals surface area contributed by atoms with E-state index in [1.807, 2.05) is 19.2 Å². The van der Waals surface area contributed by atoms with Crippen LogP contribution in [0.5, 0.6) is 5.75 Å². The van der Waals surface area contributed by atoms with Crippen molar-refractivity contribution in [1.82, 2.24) is 4.98 Å². The summed E-state index contributed by atoms with van der Waals surface area (Å²) in [6, 6.07) is 3.09. The molecule has 3 aromatic rings. The normalized spacial score (nSPS) is 11.1. The molecular formula is C15H14N2O3S. The summed E-state index contributed by atoms with van der Waals surface area (Å²) in [5.41, 5.74) is 7.73. The highest BCUT2D eigenvalue weighted by molar-refractivity contribution is 7.13. The fraction of sp³-hybridized carbons (Fsp3) is 0.200. The first-order valence-electron chi connectivity index (χ1n) is 6.52. The van der Waals surface area contributed by atoms with Crippen molar-refractivity contribution in [2.24, 2.45) is 0 Å². The Morgan fingerprint density at radius 3 is 2.81 bits per heavy atom. The lowest BCUT2D eigenvalue weighted by Crippen LogP contribution is -2.09. The van der Waals surface area contributed by atoms with Gasteiger partial charge in [-0.3, -0.25) is 4.79 Å². The van der Waals surface area contributed by atoms with Crippen LogP contribution in [0.15, 0.2) is 26.7 Å². The number of aromatic hydroxyl groups is 1. The molecule has 0 aliphatic carbocycles. The van der Waals surface area contributed by atoms with E-state index in [9.17, 15) is 9.90 Å². The van der Waals surface area contributed by atoms with Crippen LogP contribution in [-0.4, -0.2) is 10.1 Å². The summed E-state index contributed by atoms with van der Waals surface area (Å²) < 4.78 is 5.50. The van der Waals surface area contributed by atoms with Crippen LogP contribution in [0.1, 0.15) is 18.2 Å². The van der Waals surface area contributed by atoms with Crippen molar-refractivity contribution in [3.05, 3.63) is 39.0 Å². The lowest BCUT2D eigenvalue weighted by molar-refractivity contribution is 0.468. The Morgan fingerprint density at radius 1 is 1.43 bits per heavy atom. The Bertz CT molecular complexity index is 896. The largest absolute Gasteiger partial charge is 0.508 e. The standard InChI is InChI=1S/C15H14N2O3S/c1-3-8-4-9-11(5-10(8)18)20-14(16)12(13(9)19)15-17-7(2)6-21-15/h4-6,18H,3,16H2,1-2H3. The number of hydrogen-bond acceptors (Lipinski definition) is 6. The summed E-state index contributed by atoms with van der Waals surface area (Å²) in [7, 11) is 0. The number of phenolic OH excluding ortho intramolecular Hbond substituents is 1. The Morgan fingerprint density at radius 2 is 2.19 bits per heavy atom. The second-order valence-corrected chi connectivity index (χ2v) is 5.65. The zero-order valence-electron chi connectivity index (χ0n) is 11.6. The Labute approximate surface area is 124 Å². The van der Waals surface area contributed by atoms with E-state index in [-0.39, 0.29) is 28.2 Å². The number of rotatable bonds is 2. The molecule has 6 heteroatoms. The van der Waals surface area contributed by atoms with Crippen LogP contribution in [0.3, 0.4) is 0 Å². The van der Waals surface area contributed by atoms with Gasteiger partial charge in [0.25, 0.3) is 0 Å². The molecule has 1 aromatic carbocycles. The number of nitrogens with zero attached hydrogens (tertiary/aromatic N) is 1. The van der Waals surface area contributed by atoms with E-state index in [2.05, 4.69) is 4.98 Å². The molecule has 3 N–H and O–H groups in total. The first kappa shape index (κ1) is 13.6. The monoisotopic (exact) mass is 302 g/mol. The highest BCUT2D eigenvalue weighted by Gasteiger charge is 2.18. The molecule has 2 aromatic heterocycles. The maximum atomic E-state index is 12.7. The van der Waals surface area contributed by atoms with Crippen molar-refractivity contribution < 1.29 is 9.52 Å². The van der Waals surface area contributed by atoms with Gasteiger partial charge < -0.3 is 15.3 Å². The molecule has 0 spiro atoms. The molecule has 21 heavy (non-hydrogen) atoms. The number of benzene rings is 1. The molecule has 0 unspecified atom stereocenters. The van der Waals surface area contributed by atoms with Crippen molar-refractivity contribution in [3.63, 3.8) is 0 Å². The SMILES string of the molecule is CCc1cc2c(=O)c(-c3nc(C)cs3)c(N)oc2cc1O. The summed E-state index contributed by atoms with van der Waals surface area (Å²) in [4.78, 5) is 17.0. The van der Waals surface area contributed by atoms with Crippen molar-refractivity contribution in [2.45, 2.75) is 20.3 Å². The highest BCUT2D eigenvalue weighted by Crippen LogP contribution is 2.31. The molecule has 108 valence electrons. The van der Waals surface area contributed by atoms with Crippen molar-refractivity contribution in [2.75, 3.05) is 5.73 Å². The third kappa shape index (κ3) is 2.17. The summed E-state index contributed by atoms with van der Waals surface area (Å²) in [6.07, 6.45) is 0.622. The average Bonchev–Trinajstić information content (AvgIpc) is 2.84. The average molecular weight is 302 g/mol. The van der Waals surface area contributed by atoms with E-state index in [4.69, 9.17) is 10.2 Å². The fourth-order valence-corrected chi connectivity index (χ4v) is 3.09. The second-order valence-electron chi connectivity index (χ2n) is 4.80. The number of fused-ring (bicyclic) bond motifs is 1. The molecule has 0 bridgehead atoms. The van der Waals surface area contributed by atoms with E-state index in [0.29, 0.717) is 22.4 Å². The number of aromatic nitrogens is 1. The minimum absolute atomic E-state index is 0.0190. The lowest BCUT2D eigenvalue weighted by Gasteiger charge is -2.07. The number of thiazole rings is 1. The second kappa shape index (κ2) is 4.89. The van der Waals surface area contributed by atoms with Gasteiger partial charge in [0.2, 0.25) is 11.3 Å². The summed E-state index contributed by atoms with van der Waals surface area (Å²) in [6.45, 7) is 3.76. The van der Waals surface area contributed by atoms with Crippen LogP contribution in [-0.2, 0) is 6.42 Å². The Balaban J connectivity index is 2.37. The maximum absolute atomic E-state index is 12.7. The van der Waals surface area contributed by atoms with Gasteiger partial charge in [0.05, 0.1) is 5.39 Å². The maximum Gasteiger partial charge on any atom is 0.205 e. The van der Waals surface area contributed by atoms with Crippen LogP contribution in [0.2, 0.25) is 0 Å². The van der Waals surface area contributed by atoms with Gasteiger partial charge in [-0.25, -0.2) is 4.98 Å².